The second-order valence-corrected chi connectivity index (χ2v) is 4.40. The Labute approximate surface area is 117 Å². The van der Waals surface area contributed by atoms with Gasteiger partial charge < -0.3 is 16.4 Å². The van der Waals surface area contributed by atoms with Gasteiger partial charge in [0, 0.05) is 18.8 Å². The number of hydrogen-bond acceptors (Lipinski definition) is 5. The van der Waals surface area contributed by atoms with E-state index in [0.29, 0.717) is 12.4 Å². The molecule has 6 nitrogen and oxygen atoms in total. The number of nitrogens with two attached hydrogens (primary N) is 2. The normalized spacial score (nSPS) is 10.2. The first-order valence-corrected chi connectivity index (χ1v) is 6.33. The molecule has 104 valence electrons. The lowest BCUT2D eigenvalue weighted by Crippen LogP contribution is -2.24. The van der Waals surface area contributed by atoms with Gasteiger partial charge in [0.15, 0.2) is 11.5 Å². The van der Waals surface area contributed by atoms with Crippen molar-refractivity contribution in [3.05, 3.63) is 47.7 Å². The summed E-state index contributed by atoms with van der Waals surface area (Å²) >= 11 is 0. The fourth-order valence-electron chi connectivity index (χ4n) is 1.82. The summed E-state index contributed by atoms with van der Waals surface area (Å²) in [6, 6.07) is 11.0. The topological polar surface area (TPSA) is 98.1 Å². The van der Waals surface area contributed by atoms with E-state index in [-0.39, 0.29) is 5.69 Å². The highest BCUT2D eigenvalue weighted by atomic mass is 16.1. The smallest absolute Gasteiger partial charge is 0.269 e. The highest BCUT2D eigenvalue weighted by molar-refractivity contribution is 5.90. The summed E-state index contributed by atoms with van der Waals surface area (Å²) in [5.41, 5.74) is 12.8. The first-order valence-electron chi connectivity index (χ1n) is 6.33. The number of aromatic nitrogens is 2. The Kier molecular flexibility index (Phi) is 4.14. The number of carbonyl (C=O) groups is 1. The second-order valence-electron chi connectivity index (χ2n) is 4.40. The van der Waals surface area contributed by atoms with Crippen molar-refractivity contribution < 1.29 is 4.79 Å². The van der Waals surface area contributed by atoms with Gasteiger partial charge in [-0.2, -0.15) is 0 Å². The van der Waals surface area contributed by atoms with Crippen LogP contribution in [0.15, 0.2) is 36.4 Å². The Morgan fingerprint density at radius 2 is 1.85 bits per heavy atom. The minimum absolute atomic E-state index is 0.164. The molecule has 2 rings (SSSR count). The van der Waals surface area contributed by atoms with Crippen LogP contribution in [0.4, 0.5) is 11.5 Å². The average molecular weight is 271 g/mol. The Morgan fingerprint density at radius 3 is 2.35 bits per heavy atom. The van der Waals surface area contributed by atoms with E-state index in [1.807, 2.05) is 36.1 Å². The number of anilines is 2. The average Bonchev–Trinajstić information content (AvgIpc) is 2.47. The molecule has 0 aliphatic rings. The van der Waals surface area contributed by atoms with Gasteiger partial charge in [-0.1, -0.05) is 12.1 Å². The molecule has 0 atom stereocenters. The van der Waals surface area contributed by atoms with E-state index in [2.05, 4.69) is 10.2 Å². The van der Waals surface area contributed by atoms with Crippen LogP contribution in [-0.2, 0) is 6.54 Å². The molecule has 0 aliphatic carbocycles. The molecule has 20 heavy (non-hydrogen) atoms. The third-order valence-electron chi connectivity index (χ3n) is 2.96. The van der Waals surface area contributed by atoms with Gasteiger partial charge in [-0.3, -0.25) is 4.79 Å². The van der Waals surface area contributed by atoms with Gasteiger partial charge in [0.1, 0.15) is 0 Å². The van der Waals surface area contributed by atoms with Crippen LogP contribution in [0.2, 0.25) is 0 Å². The molecule has 0 bridgehead atoms. The zero-order valence-electron chi connectivity index (χ0n) is 11.3. The summed E-state index contributed by atoms with van der Waals surface area (Å²) in [5.74, 6) is 0.125. The minimum atomic E-state index is -0.578. The summed E-state index contributed by atoms with van der Waals surface area (Å²) in [6.07, 6.45) is 0. The molecule has 0 fully saturated rings. The second kappa shape index (κ2) is 6.01. The van der Waals surface area contributed by atoms with Crippen LogP contribution in [0.3, 0.4) is 0 Å². The van der Waals surface area contributed by atoms with Gasteiger partial charge in [0.2, 0.25) is 0 Å². The molecule has 1 aromatic heterocycles. The van der Waals surface area contributed by atoms with Crippen LogP contribution < -0.4 is 16.4 Å². The fourth-order valence-corrected chi connectivity index (χ4v) is 1.82. The molecule has 0 saturated heterocycles. The zero-order valence-corrected chi connectivity index (χ0v) is 11.3. The van der Waals surface area contributed by atoms with Crippen LogP contribution in [0, 0.1) is 0 Å². The largest absolute Gasteiger partial charge is 0.399 e. The number of primary amides is 1. The van der Waals surface area contributed by atoms with E-state index in [1.165, 1.54) is 0 Å². The highest BCUT2D eigenvalue weighted by Crippen LogP contribution is 2.14. The fraction of sp³-hybridized carbons (Fsp3) is 0.214. The van der Waals surface area contributed by atoms with E-state index in [9.17, 15) is 4.79 Å². The molecule has 0 saturated carbocycles. The Hall–Kier alpha value is -2.63. The van der Waals surface area contributed by atoms with Gasteiger partial charge >= 0.3 is 0 Å². The number of benzene rings is 1. The first-order chi connectivity index (χ1) is 9.60. The molecule has 1 aromatic carbocycles. The maximum atomic E-state index is 11.0. The van der Waals surface area contributed by atoms with Crippen molar-refractivity contribution in [2.75, 3.05) is 17.2 Å². The van der Waals surface area contributed by atoms with Crippen LogP contribution in [0.25, 0.3) is 0 Å². The lowest BCUT2D eigenvalue weighted by Gasteiger charge is -2.21. The zero-order chi connectivity index (χ0) is 14.5. The molecule has 0 aliphatic heterocycles. The summed E-state index contributed by atoms with van der Waals surface area (Å²) in [7, 11) is 0. The Bertz CT molecular complexity index is 580. The van der Waals surface area contributed by atoms with Gasteiger partial charge in [0.25, 0.3) is 5.91 Å². The molecule has 0 unspecified atom stereocenters. The van der Waals surface area contributed by atoms with Crippen LogP contribution >= 0.6 is 0 Å². The standard InChI is InChI=1S/C14H17N5O/c1-2-19(9-10-3-5-11(15)6-4-10)13-8-7-12(14(16)20)17-18-13/h3-8H,2,9,15H2,1H3,(H2,16,20). The van der Waals surface area contributed by atoms with Crippen molar-refractivity contribution in [2.24, 2.45) is 5.73 Å². The van der Waals surface area contributed by atoms with Gasteiger partial charge in [-0.25, -0.2) is 0 Å². The predicted octanol–water partition coefficient (Wildman–Crippen LogP) is 1.18. The summed E-state index contributed by atoms with van der Waals surface area (Å²) in [5, 5.41) is 7.85. The molecule has 1 heterocycles. The highest BCUT2D eigenvalue weighted by Gasteiger charge is 2.09. The predicted molar refractivity (Wildman–Crippen MR) is 78.1 cm³/mol. The van der Waals surface area contributed by atoms with E-state index < -0.39 is 5.91 Å². The van der Waals surface area contributed by atoms with Crippen LogP contribution in [0.1, 0.15) is 23.0 Å². The van der Waals surface area contributed by atoms with Gasteiger partial charge in [0.05, 0.1) is 0 Å². The molecule has 0 spiro atoms. The van der Waals surface area contributed by atoms with Crippen molar-refractivity contribution in [1.29, 1.82) is 0 Å². The molecular weight excluding hydrogens is 254 g/mol. The molecule has 6 heteroatoms. The number of nitrogen functional groups attached to an aromatic ring is 1. The van der Waals surface area contributed by atoms with Crippen LogP contribution in [0.5, 0.6) is 0 Å². The van der Waals surface area contributed by atoms with Gasteiger partial charge in [-0.15, -0.1) is 10.2 Å². The third kappa shape index (κ3) is 3.23. The van der Waals surface area contributed by atoms with Crippen molar-refractivity contribution in [3.8, 4) is 0 Å². The number of nitrogens with zero attached hydrogens (tertiary/aromatic N) is 3. The Balaban J connectivity index is 2.15. The van der Waals surface area contributed by atoms with Crippen molar-refractivity contribution in [3.63, 3.8) is 0 Å². The molecule has 2 aromatic rings. The summed E-state index contributed by atoms with van der Waals surface area (Å²) in [4.78, 5) is 13.0. The molecule has 4 N–H and O–H groups in total. The van der Waals surface area contributed by atoms with E-state index in [1.54, 1.807) is 12.1 Å². The molecule has 1 amide bonds. The first kappa shape index (κ1) is 13.8. The summed E-state index contributed by atoms with van der Waals surface area (Å²) in [6.45, 7) is 3.50. The van der Waals surface area contributed by atoms with E-state index in [0.717, 1.165) is 17.8 Å². The SMILES string of the molecule is CCN(Cc1ccc(N)cc1)c1ccc(C(N)=O)nn1. The maximum absolute atomic E-state index is 11.0. The lowest BCUT2D eigenvalue weighted by atomic mass is 10.2. The van der Waals surface area contributed by atoms with E-state index in [4.69, 9.17) is 11.5 Å². The quantitative estimate of drug-likeness (QED) is 0.796. The van der Waals surface area contributed by atoms with Gasteiger partial charge in [-0.05, 0) is 36.8 Å². The Morgan fingerprint density at radius 1 is 1.15 bits per heavy atom. The number of carbonyl (C=O) groups excluding carboxylic acids is 1. The maximum Gasteiger partial charge on any atom is 0.269 e. The number of rotatable bonds is 5. The number of amides is 1. The summed E-state index contributed by atoms with van der Waals surface area (Å²) < 4.78 is 0. The monoisotopic (exact) mass is 271 g/mol. The lowest BCUT2D eigenvalue weighted by molar-refractivity contribution is 0.0994. The van der Waals surface area contributed by atoms with Crippen molar-refractivity contribution in [2.45, 2.75) is 13.5 Å². The minimum Gasteiger partial charge on any atom is -0.399 e. The van der Waals surface area contributed by atoms with Crippen molar-refractivity contribution in [1.82, 2.24) is 10.2 Å². The molecular formula is C14H17N5O. The van der Waals surface area contributed by atoms with E-state index >= 15 is 0 Å². The van der Waals surface area contributed by atoms with Crippen LogP contribution in [-0.4, -0.2) is 22.6 Å². The molecule has 0 radical (unpaired) electrons. The third-order valence-corrected chi connectivity index (χ3v) is 2.96. The number of hydrogen-bond donors (Lipinski definition) is 2. The van der Waals surface area contributed by atoms with Crippen molar-refractivity contribution >= 4 is 17.4 Å².